The van der Waals surface area contributed by atoms with Gasteiger partial charge in [0.05, 0.1) is 21.1 Å². The summed E-state index contributed by atoms with van der Waals surface area (Å²) in [7, 11) is 6.70. The van der Waals surface area contributed by atoms with Crippen LogP contribution in [0.25, 0.3) is 0 Å². The summed E-state index contributed by atoms with van der Waals surface area (Å²) < 4.78 is 1.02. The van der Waals surface area contributed by atoms with E-state index in [9.17, 15) is 0 Å². The molecular weight excluding hydrogens is 124 g/mol. The molecule has 1 radical (unpaired) electrons. The molecule has 1 aliphatic heterocycles. The molecule has 10 heavy (non-hydrogen) atoms. The minimum absolute atomic E-state index is 0.633. The fourth-order valence-electron chi connectivity index (χ4n) is 1.30. The van der Waals surface area contributed by atoms with Crippen LogP contribution in [-0.2, 0) is 0 Å². The summed E-state index contributed by atoms with van der Waals surface area (Å²) in [5.41, 5.74) is 0. The van der Waals surface area contributed by atoms with Gasteiger partial charge < -0.3 is 4.48 Å². The molecule has 1 N–H and O–H groups in total. The Labute approximate surface area is 63.8 Å². The second kappa shape index (κ2) is 2.89. The van der Waals surface area contributed by atoms with Gasteiger partial charge in [-0.3, -0.25) is 5.32 Å². The van der Waals surface area contributed by atoms with Crippen LogP contribution in [0.4, 0.5) is 0 Å². The van der Waals surface area contributed by atoms with Crippen molar-refractivity contribution in [2.45, 2.75) is 19.0 Å². The molecule has 1 rings (SSSR count). The highest BCUT2D eigenvalue weighted by atomic mass is 15.4. The number of piperidine rings is 1. The molecule has 0 aromatic rings. The summed E-state index contributed by atoms with van der Waals surface area (Å²) in [4.78, 5) is 0. The summed E-state index contributed by atoms with van der Waals surface area (Å²) >= 11 is 0. The lowest BCUT2D eigenvalue weighted by Crippen LogP contribution is -2.55. The first-order valence-corrected chi connectivity index (χ1v) is 3.97. The highest BCUT2D eigenvalue weighted by Crippen LogP contribution is 2.11. The van der Waals surface area contributed by atoms with Gasteiger partial charge in [0.15, 0.2) is 0 Å². The van der Waals surface area contributed by atoms with Crippen LogP contribution in [-0.4, -0.2) is 38.3 Å². The Bertz CT molecular complexity index is 98.3. The van der Waals surface area contributed by atoms with Gasteiger partial charge in [-0.15, -0.1) is 0 Å². The maximum atomic E-state index is 3.50. The van der Waals surface area contributed by atoms with Crippen molar-refractivity contribution in [2.75, 3.05) is 27.7 Å². The molecule has 0 bridgehead atoms. The standard InChI is InChI=1S/C8H18N2/c1-10(2,3)8-6-4-5-7-9-8/h4,8-9H,5-7H2,1-3H3/q+1. The van der Waals surface area contributed by atoms with Gasteiger partial charge in [-0.05, 0) is 12.8 Å². The molecule has 2 nitrogen and oxygen atoms in total. The lowest BCUT2D eigenvalue weighted by Gasteiger charge is -2.36. The van der Waals surface area contributed by atoms with Crippen molar-refractivity contribution in [3.63, 3.8) is 0 Å². The van der Waals surface area contributed by atoms with Crippen molar-refractivity contribution in [3.05, 3.63) is 6.42 Å². The summed E-state index contributed by atoms with van der Waals surface area (Å²) in [5.74, 6) is 0. The normalized spacial score (nSPS) is 28.5. The van der Waals surface area contributed by atoms with Crippen molar-refractivity contribution < 1.29 is 4.48 Å². The molecule has 1 heterocycles. The smallest absolute Gasteiger partial charge is 0.142 e. The zero-order valence-electron chi connectivity index (χ0n) is 7.22. The Morgan fingerprint density at radius 2 is 2.10 bits per heavy atom. The number of hydrogen-bond donors (Lipinski definition) is 1. The molecule has 59 valence electrons. The minimum Gasteiger partial charge on any atom is -0.316 e. The Kier molecular flexibility index (Phi) is 2.32. The summed E-state index contributed by atoms with van der Waals surface area (Å²) in [5, 5.41) is 3.50. The molecule has 2 heteroatoms. The van der Waals surface area contributed by atoms with E-state index in [4.69, 9.17) is 0 Å². The zero-order chi connectivity index (χ0) is 7.61. The van der Waals surface area contributed by atoms with Crippen LogP contribution < -0.4 is 5.32 Å². The molecule has 0 saturated carbocycles. The van der Waals surface area contributed by atoms with Gasteiger partial charge in [0.25, 0.3) is 0 Å². The lowest BCUT2D eigenvalue weighted by molar-refractivity contribution is -0.899. The average molecular weight is 142 g/mol. The van der Waals surface area contributed by atoms with Crippen molar-refractivity contribution in [1.29, 1.82) is 0 Å². The van der Waals surface area contributed by atoms with Gasteiger partial charge >= 0.3 is 0 Å². The van der Waals surface area contributed by atoms with E-state index in [1.165, 1.54) is 12.8 Å². The van der Waals surface area contributed by atoms with Crippen LogP contribution >= 0.6 is 0 Å². The van der Waals surface area contributed by atoms with Gasteiger partial charge in [-0.2, -0.15) is 0 Å². The van der Waals surface area contributed by atoms with E-state index in [-0.39, 0.29) is 0 Å². The van der Waals surface area contributed by atoms with Gasteiger partial charge in [-0.1, -0.05) is 0 Å². The Morgan fingerprint density at radius 3 is 2.40 bits per heavy atom. The molecule has 0 spiro atoms. The van der Waals surface area contributed by atoms with Gasteiger partial charge in [-0.25, -0.2) is 0 Å². The Balaban J connectivity index is 2.39. The van der Waals surface area contributed by atoms with E-state index < -0.39 is 0 Å². The largest absolute Gasteiger partial charge is 0.316 e. The van der Waals surface area contributed by atoms with Crippen molar-refractivity contribution in [3.8, 4) is 0 Å². The third-order valence-corrected chi connectivity index (χ3v) is 2.05. The molecule has 1 aliphatic rings. The molecule has 1 saturated heterocycles. The number of nitrogens with zero attached hydrogens (tertiary/aromatic N) is 1. The molecular formula is C8H18N2+. The van der Waals surface area contributed by atoms with Gasteiger partial charge in [0, 0.05) is 13.0 Å². The quantitative estimate of drug-likeness (QED) is 0.529. The summed E-state index contributed by atoms with van der Waals surface area (Å²) in [6.45, 7) is 1.15. The van der Waals surface area contributed by atoms with Crippen molar-refractivity contribution in [2.24, 2.45) is 0 Å². The van der Waals surface area contributed by atoms with E-state index >= 15 is 0 Å². The van der Waals surface area contributed by atoms with Crippen LogP contribution in [0.5, 0.6) is 0 Å². The van der Waals surface area contributed by atoms with Gasteiger partial charge in [0.2, 0.25) is 0 Å². The Morgan fingerprint density at radius 1 is 1.40 bits per heavy atom. The predicted molar refractivity (Wildman–Crippen MR) is 43.4 cm³/mol. The minimum atomic E-state index is 0.633. The van der Waals surface area contributed by atoms with E-state index in [0.717, 1.165) is 11.0 Å². The molecule has 1 atom stereocenters. The summed E-state index contributed by atoms with van der Waals surface area (Å²) in [6.07, 6.45) is 5.46. The monoisotopic (exact) mass is 142 g/mol. The second-order valence-corrected chi connectivity index (χ2v) is 3.90. The molecule has 0 aromatic heterocycles. The average Bonchev–Trinajstić information content (AvgIpc) is 1.88. The van der Waals surface area contributed by atoms with Crippen molar-refractivity contribution in [1.82, 2.24) is 5.32 Å². The third-order valence-electron chi connectivity index (χ3n) is 2.05. The number of quaternary nitrogens is 1. The van der Waals surface area contributed by atoms with Crippen LogP contribution in [0.3, 0.4) is 0 Å². The van der Waals surface area contributed by atoms with Crippen LogP contribution in [0, 0.1) is 6.42 Å². The molecule has 0 aliphatic carbocycles. The zero-order valence-corrected chi connectivity index (χ0v) is 7.22. The third kappa shape index (κ3) is 1.96. The maximum Gasteiger partial charge on any atom is 0.142 e. The number of nitrogens with one attached hydrogen (secondary N) is 1. The highest BCUT2D eigenvalue weighted by molar-refractivity contribution is 4.77. The maximum absolute atomic E-state index is 3.50. The van der Waals surface area contributed by atoms with Crippen molar-refractivity contribution >= 4 is 0 Å². The fraction of sp³-hybridized carbons (Fsp3) is 0.875. The second-order valence-electron chi connectivity index (χ2n) is 3.90. The number of rotatable bonds is 1. The van der Waals surface area contributed by atoms with E-state index in [2.05, 4.69) is 32.9 Å². The summed E-state index contributed by atoms with van der Waals surface area (Å²) in [6, 6.07) is 0. The first-order valence-electron chi connectivity index (χ1n) is 3.97. The van der Waals surface area contributed by atoms with E-state index in [1.54, 1.807) is 0 Å². The van der Waals surface area contributed by atoms with Crippen LogP contribution in [0.1, 0.15) is 12.8 Å². The van der Waals surface area contributed by atoms with Crippen LogP contribution in [0.15, 0.2) is 0 Å². The topological polar surface area (TPSA) is 12.0 Å². The molecule has 1 fully saturated rings. The number of hydrogen-bond acceptors (Lipinski definition) is 1. The van der Waals surface area contributed by atoms with Gasteiger partial charge in [0.1, 0.15) is 6.17 Å². The first-order chi connectivity index (χ1) is 4.61. The SMILES string of the molecule is C[N+](C)(C)C1C[CH]CCN1. The fourth-order valence-corrected chi connectivity index (χ4v) is 1.30. The predicted octanol–water partition coefficient (Wildman–Crippen LogP) is 0.606. The highest BCUT2D eigenvalue weighted by Gasteiger charge is 2.24. The lowest BCUT2D eigenvalue weighted by atomic mass is 10.1. The molecule has 0 aromatic carbocycles. The Hall–Kier alpha value is -0.0800. The van der Waals surface area contributed by atoms with E-state index in [1.807, 2.05) is 0 Å². The first kappa shape index (κ1) is 8.02. The van der Waals surface area contributed by atoms with E-state index in [0.29, 0.717) is 6.17 Å². The molecule has 0 amide bonds. The van der Waals surface area contributed by atoms with Crippen LogP contribution in [0.2, 0.25) is 0 Å². The molecule has 1 unspecified atom stereocenters.